The summed E-state index contributed by atoms with van der Waals surface area (Å²) in [5, 5.41) is 12.2. The maximum absolute atomic E-state index is 12.3. The van der Waals surface area contributed by atoms with Crippen molar-refractivity contribution in [2.24, 2.45) is 5.92 Å². The van der Waals surface area contributed by atoms with Crippen LogP contribution in [0.5, 0.6) is 0 Å². The van der Waals surface area contributed by atoms with E-state index in [1.54, 1.807) is 0 Å². The third kappa shape index (κ3) is 5.96. The number of hydrogen-bond donors (Lipinski definition) is 2. The lowest BCUT2D eigenvalue weighted by molar-refractivity contribution is -0.140. The van der Waals surface area contributed by atoms with Gasteiger partial charge in [-0.25, -0.2) is 0 Å². The Morgan fingerprint density at radius 1 is 1.22 bits per heavy atom. The van der Waals surface area contributed by atoms with Crippen LogP contribution >= 0.6 is 0 Å². The van der Waals surface area contributed by atoms with Crippen LogP contribution in [0.1, 0.15) is 37.7 Å². The third-order valence-electron chi connectivity index (χ3n) is 5.59. The quantitative estimate of drug-likeness (QED) is 0.657. The highest BCUT2D eigenvalue weighted by atomic mass is 16.4. The molecule has 0 saturated heterocycles. The van der Waals surface area contributed by atoms with Crippen LogP contribution < -0.4 is 10.2 Å². The summed E-state index contributed by atoms with van der Waals surface area (Å²) in [6.07, 6.45) is 5.38. The van der Waals surface area contributed by atoms with E-state index in [-0.39, 0.29) is 18.5 Å². The van der Waals surface area contributed by atoms with Gasteiger partial charge < -0.3 is 15.3 Å². The number of carbonyl (C=O) groups excluding carboxylic acids is 1. The van der Waals surface area contributed by atoms with Gasteiger partial charge in [-0.3, -0.25) is 14.5 Å². The SMILES string of the molecule is CN(C)c1cccc(CCC(=O)NC2CC(N(CC(=O)O)CC3CC3)C2)c1. The number of nitrogens with zero attached hydrogens (tertiary/aromatic N) is 2. The molecule has 6 nitrogen and oxygen atoms in total. The topological polar surface area (TPSA) is 72.9 Å². The molecule has 0 aliphatic heterocycles. The molecular formula is C21H31N3O3. The van der Waals surface area contributed by atoms with Gasteiger partial charge in [-0.05, 0) is 55.7 Å². The number of amides is 1. The average molecular weight is 373 g/mol. The van der Waals surface area contributed by atoms with E-state index in [9.17, 15) is 9.59 Å². The van der Waals surface area contributed by atoms with Gasteiger partial charge in [0.15, 0.2) is 0 Å². The van der Waals surface area contributed by atoms with E-state index < -0.39 is 5.97 Å². The second kappa shape index (κ2) is 8.74. The summed E-state index contributed by atoms with van der Waals surface area (Å²) in [4.78, 5) is 27.5. The number of carboxylic acids is 1. The van der Waals surface area contributed by atoms with Crippen molar-refractivity contribution >= 4 is 17.6 Å². The van der Waals surface area contributed by atoms with E-state index in [2.05, 4.69) is 33.3 Å². The number of anilines is 1. The molecule has 148 valence electrons. The van der Waals surface area contributed by atoms with Gasteiger partial charge in [-0.15, -0.1) is 0 Å². The van der Waals surface area contributed by atoms with Crippen molar-refractivity contribution in [3.8, 4) is 0 Å². The molecular weight excluding hydrogens is 342 g/mol. The molecule has 0 spiro atoms. The highest BCUT2D eigenvalue weighted by Crippen LogP contribution is 2.33. The Hall–Kier alpha value is -2.08. The zero-order valence-corrected chi connectivity index (χ0v) is 16.4. The molecule has 27 heavy (non-hydrogen) atoms. The van der Waals surface area contributed by atoms with Gasteiger partial charge in [0.05, 0.1) is 6.54 Å². The normalized spacial score (nSPS) is 21.6. The summed E-state index contributed by atoms with van der Waals surface area (Å²) >= 11 is 0. The molecule has 0 unspecified atom stereocenters. The van der Waals surface area contributed by atoms with Crippen molar-refractivity contribution in [2.75, 3.05) is 32.1 Å². The van der Waals surface area contributed by atoms with Crippen LogP contribution in [0.3, 0.4) is 0 Å². The van der Waals surface area contributed by atoms with Crippen LogP contribution in [0.2, 0.25) is 0 Å². The number of carboxylic acid groups (broad SMARTS) is 1. The third-order valence-corrected chi connectivity index (χ3v) is 5.59. The van der Waals surface area contributed by atoms with Crippen molar-refractivity contribution in [1.29, 1.82) is 0 Å². The van der Waals surface area contributed by atoms with Crippen molar-refractivity contribution in [1.82, 2.24) is 10.2 Å². The number of hydrogen-bond acceptors (Lipinski definition) is 4. The van der Waals surface area contributed by atoms with Gasteiger partial charge in [0, 0.05) is 44.8 Å². The molecule has 2 fully saturated rings. The predicted octanol–water partition coefficient (Wildman–Crippen LogP) is 2.13. The number of nitrogens with one attached hydrogen (secondary N) is 1. The summed E-state index contributed by atoms with van der Waals surface area (Å²) in [6, 6.07) is 8.74. The fraction of sp³-hybridized carbons (Fsp3) is 0.619. The Balaban J connectivity index is 1.39. The zero-order valence-electron chi connectivity index (χ0n) is 16.4. The van der Waals surface area contributed by atoms with Crippen LogP contribution in [0.4, 0.5) is 5.69 Å². The fourth-order valence-corrected chi connectivity index (χ4v) is 3.70. The summed E-state index contributed by atoms with van der Waals surface area (Å²) in [7, 11) is 4.02. The van der Waals surface area contributed by atoms with E-state index in [1.165, 1.54) is 18.4 Å². The van der Waals surface area contributed by atoms with Crippen molar-refractivity contribution in [2.45, 2.75) is 50.6 Å². The molecule has 0 radical (unpaired) electrons. The highest BCUT2D eigenvalue weighted by Gasteiger charge is 2.37. The lowest BCUT2D eigenvalue weighted by atomic mass is 9.85. The molecule has 3 rings (SSSR count). The Morgan fingerprint density at radius 2 is 1.96 bits per heavy atom. The summed E-state index contributed by atoms with van der Waals surface area (Å²) < 4.78 is 0. The molecule has 2 saturated carbocycles. The number of carbonyl (C=O) groups is 2. The minimum Gasteiger partial charge on any atom is -0.480 e. The van der Waals surface area contributed by atoms with Crippen LogP contribution in [0.15, 0.2) is 24.3 Å². The van der Waals surface area contributed by atoms with Gasteiger partial charge in [0.25, 0.3) is 0 Å². The molecule has 1 aromatic rings. The zero-order chi connectivity index (χ0) is 19.4. The first-order valence-electron chi connectivity index (χ1n) is 9.92. The monoisotopic (exact) mass is 373 g/mol. The van der Waals surface area contributed by atoms with Gasteiger partial charge in [0.2, 0.25) is 5.91 Å². The van der Waals surface area contributed by atoms with Gasteiger partial charge >= 0.3 is 5.97 Å². The first-order chi connectivity index (χ1) is 12.9. The molecule has 0 heterocycles. The largest absolute Gasteiger partial charge is 0.480 e. The van der Waals surface area contributed by atoms with E-state index in [0.717, 1.165) is 31.5 Å². The first-order valence-corrected chi connectivity index (χ1v) is 9.92. The maximum atomic E-state index is 12.3. The molecule has 0 aromatic heterocycles. The maximum Gasteiger partial charge on any atom is 0.317 e. The Morgan fingerprint density at radius 3 is 2.59 bits per heavy atom. The van der Waals surface area contributed by atoms with E-state index >= 15 is 0 Å². The van der Waals surface area contributed by atoms with E-state index in [1.807, 2.05) is 20.2 Å². The fourth-order valence-electron chi connectivity index (χ4n) is 3.70. The highest BCUT2D eigenvalue weighted by molar-refractivity contribution is 5.76. The second-order valence-corrected chi connectivity index (χ2v) is 8.22. The standard InChI is InChI=1S/C21H31N3O3/c1-23(2)18-5-3-4-15(10-18)8-9-20(25)22-17-11-19(12-17)24(14-21(26)27)13-16-6-7-16/h3-5,10,16-17,19H,6-9,11-14H2,1-2H3,(H,22,25)(H,26,27). The number of aryl methyl sites for hydroxylation is 1. The predicted molar refractivity (Wildman–Crippen MR) is 106 cm³/mol. The minimum absolute atomic E-state index is 0.0840. The van der Waals surface area contributed by atoms with Crippen molar-refractivity contribution in [3.63, 3.8) is 0 Å². The summed E-state index contributed by atoms with van der Waals surface area (Å²) in [6.45, 7) is 1.00. The summed E-state index contributed by atoms with van der Waals surface area (Å²) in [5.41, 5.74) is 2.31. The molecule has 0 bridgehead atoms. The molecule has 1 aromatic carbocycles. The molecule has 2 aliphatic carbocycles. The van der Waals surface area contributed by atoms with Crippen LogP contribution in [0.25, 0.3) is 0 Å². The van der Waals surface area contributed by atoms with E-state index in [4.69, 9.17) is 5.11 Å². The van der Waals surface area contributed by atoms with Gasteiger partial charge in [-0.1, -0.05) is 12.1 Å². The Kier molecular flexibility index (Phi) is 6.37. The number of benzene rings is 1. The number of aliphatic carboxylic acids is 1. The summed E-state index contributed by atoms with van der Waals surface area (Å²) in [5.74, 6) is -0.000283. The Bertz CT molecular complexity index is 666. The Labute approximate surface area is 161 Å². The molecule has 2 N–H and O–H groups in total. The first kappa shape index (κ1) is 19.7. The van der Waals surface area contributed by atoms with Gasteiger partial charge in [0.1, 0.15) is 0 Å². The van der Waals surface area contributed by atoms with Crippen LogP contribution in [-0.2, 0) is 16.0 Å². The average Bonchev–Trinajstić information content (AvgIpc) is 3.39. The molecule has 2 aliphatic rings. The molecule has 0 atom stereocenters. The minimum atomic E-state index is -0.761. The van der Waals surface area contributed by atoms with Crippen LogP contribution in [-0.4, -0.2) is 61.2 Å². The molecule has 6 heteroatoms. The van der Waals surface area contributed by atoms with Crippen LogP contribution in [0, 0.1) is 5.92 Å². The van der Waals surface area contributed by atoms with E-state index in [0.29, 0.717) is 18.4 Å². The lowest BCUT2D eigenvalue weighted by Gasteiger charge is -2.42. The smallest absolute Gasteiger partial charge is 0.317 e. The van der Waals surface area contributed by atoms with Gasteiger partial charge in [-0.2, -0.15) is 0 Å². The van der Waals surface area contributed by atoms with Crippen molar-refractivity contribution < 1.29 is 14.7 Å². The second-order valence-electron chi connectivity index (χ2n) is 8.22. The number of rotatable bonds is 10. The lowest BCUT2D eigenvalue weighted by Crippen LogP contribution is -2.55. The molecule has 1 amide bonds. The van der Waals surface area contributed by atoms with Crippen molar-refractivity contribution in [3.05, 3.63) is 29.8 Å².